The largest absolute Gasteiger partial charge is 0.354 e. The highest BCUT2D eigenvalue weighted by Gasteiger charge is 2.06. The molecule has 3 rings (SSSR count). The minimum absolute atomic E-state index is 0.240. The number of aromatic nitrogens is 2. The van der Waals surface area contributed by atoms with Gasteiger partial charge >= 0.3 is 0 Å². The van der Waals surface area contributed by atoms with Gasteiger partial charge in [-0.15, -0.1) is 0 Å². The zero-order valence-electron chi connectivity index (χ0n) is 17.6. The Morgan fingerprint density at radius 1 is 0.933 bits per heavy atom. The maximum atomic E-state index is 11.2. The quantitative estimate of drug-likeness (QED) is 0.560. The van der Waals surface area contributed by atoms with Gasteiger partial charge in [0.2, 0.25) is 5.95 Å². The minimum Gasteiger partial charge on any atom is -0.354 e. The lowest BCUT2D eigenvalue weighted by Crippen LogP contribution is -2.07. The lowest BCUT2D eigenvalue weighted by molar-refractivity contribution is -0.117. The van der Waals surface area contributed by atoms with E-state index in [4.69, 9.17) is 0 Å². The first kappa shape index (κ1) is 21.3. The number of anilines is 1. The molecule has 0 radical (unpaired) electrons. The summed E-state index contributed by atoms with van der Waals surface area (Å²) >= 11 is 0. The van der Waals surface area contributed by atoms with E-state index in [0.29, 0.717) is 18.3 Å². The molecule has 1 aromatic heterocycles. The van der Waals surface area contributed by atoms with E-state index >= 15 is 0 Å². The van der Waals surface area contributed by atoms with Crippen LogP contribution in [0.4, 0.5) is 5.95 Å². The van der Waals surface area contributed by atoms with Gasteiger partial charge in [-0.05, 0) is 48.9 Å². The summed E-state index contributed by atoms with van der Waals surface area (Å²) in [7, 11) is 0. The van der Waals surface area contributed by atoms with Crippen molar-refractivity contribution in [3.8, 4) is 11.8 Å². The second-order valence-corrected chi connectivity index (χ2v) is 7.62. The highest BCUT2D eigenvalue weighted by Crippen LogP contribution is 2.13. The van der Waals surface area contributed by atoms with Gasteiger partial charge in [-0.25, -0.2) is 9.97 Å². The number of hydrogen-bond acceptors (Lipinski definition) is 4. The number of rotatable bonds is 8. The van der Waals surface area contributed by atoms with E-state index in [1.54, 1.807) is 19.3 Å². The number of carbonyl (C=O) groups is 1. The van der Waals surface area contributed by atoms with Crippen LogP contribution in [-0.2, 0) is 17.6 Å². The Labute approximate surface area is 178 Å². The van der Waals surface area contributed by atoms with Crippen molar-refractivity contribution in [3.63, 3.8) is 0 Å². The molecule has 4 nitrogen and oxygen atoms in total. The molecule has 0 aliphatic heterocycles. The number of benzene rings is 2. The number of carbonyl (C=O) groups excluding carboxylic acids is 1. The fourth-order valence-electron chi connectivity index (χ4n) is 3.28. The molecule has 152 valence electrons. The van der Waals surface area contributed by atoms with Gasteiger partial charge in [0, 0.05) is 30.9 Å². The summed E-state index contributed by atoms with van der Waals surface area (Å²) in [5, 5.41) is 3.24. The highest BCUT2D eigenvalue weighted by atomic mass is 16.1. The zero-order chi connectivity index (χ0) is 21.2. The van der Waals surface area contributed by atoms with Crippen molar-refractivity contribution in [1.29, 1.82) is 0 Å². The Morgan fingerprint density at radius 3 is 2.27 bits per heavy atom. The molecule has 0 aliphatic carbocycles. The van der Waals surface area contributed by atoms with Crippen molar-refractivity contribution in [3.05, 3.63) is 89.2 Å². The topological polar surface area (TPSA) is 54.9 Å². The van der Waals surface area contributed by atoms with E-state index in [0.717, 1.165) is 30.5 Å². The predicted molar refractivity (Wildman–Crippen MR) is 121 cm³/mol. The molecule has 0 spiro atoms. The summed E-state index contributed by atoms with van der Waals surface area (Å²) in [6, 6.07) is 18.5. The Balaban J connectivity index is 1.50. The SMILES string of the molecule is CC(=O)CC(C)Cc1ccc(C#Cc2cnc(NCCc3ccccc3)nc2)cc1. The summed E-state index contributed by atoms with van der Waals surface area (Å²) in [5.74, 6) is 7.47. The average molecular weight is 398 g/mol. The van der Waals surface area contributed by atoms with Crippen LogP contribution in [0, 0.1) is 17.8 Å². The van der Waals surface area contributed by atoms with Gasteiger partial charge in [0.15, 0.2) is 0 Å². The first-order valence-electron chi connectivity index (χ1n) is 10.3. The Hall–Kier alpha value is -3.45. The van der Waals surface area contributed by atoms with Crippen LogP contribution in [0.3, 0.4) is 0 Å². The van der Waals surface area contributed by atoms with Gasteiger partial charge in [-0.1, -0.05) is 61.2 Å². The molecule has 0 bridgehead atoms. The first-order valence-corrected chi connectivity index (χ1v) is 10.3. The fraction of sp³-hybridized carbons (Fsp3) is 0.269. The zero-order valence-corrected chi connectivity index (χ0v) is 17.6. The molecule has 0 aliphatic rings. The lowest BCUT2D eigenvalue weighted by Gasteiger charge is -2.09. The Kier molecular flexibility index (Phi) is 7.74. The van der Waals surface area contributed by atoms with Crippen molar-refractivity contribution < 1.29 is 4.79 Å². The molecule has 1 N–H and O–H groups in total. The van der Waals surface area contributed by atoms with Gasteiger partial charge in [0.05, 0.1) is 5.56 Å². The Bertz CT molecular complexity index is 1000. The molecular weight excluding hydrogens is 370 g/mol. The molecule has 30 heavy (non-hydrogen) atoms. The van der Waals surface area contributed by atoms with Crippen LogP contribution in [0.25, 0.3) is 0 Å². The lowest BCUT2D eigenvalue weighted by atomic mass is 9.96. The molecule has 0 saturated heterocycles. The monoisotopic (exact) mass is 397 g/mol. The van der Waals surface area contributed by atoms with Crippen LogP contribution in [0.1, 0.15) is 42.5 Å². The predicted octanol–water partition coefficient (Wildman–Crippen LogP) is 4.69. The van der Waals surface area contributed by atoms with Gasteiger partial charge in [-0.3, -0.25) is 0 Å². The number of ketones is 1. The van der Waals surface area contributed by atoms with Gasteiger partial charge in [0.25, 0.3) is 0 Å². The van der Waals surface area contributed by atoms with E-state index < -0.39 is 0 Å². The van der Waals surface area contributed by atoms with Gasteiger partial charge in [-0.2, -0.15) is 0 Å². The van der Waals surface area contributed by atoms with E-state index in [-0.39, 0.29) is 5.78 Å². The molecule has 2 aromatic carbocycles. The molecule has 4 heteroatoms. The fourth-order valence-corrected chi connectivity index (χ4v) is 3.28. The summed E-state index contributed by atoms with van der Waals surface area (Å²) in [6.45, 7) is 4.54. The summed E-state index contributed by atoms with van der Waals surface area (Å²) in [6.07, 6.45) is 5.93. The van der Waals surface area contributed by atoms with E-state index in [2.05, 4.69) is 58.3 Å². The van der Waals surface area contributed by atoms with Gasteiger partial charge < -0.3 is 10.1 Å². The van der Waals surface area contributed by atoms with Crippen LogP contribution in [0.5, 0.6) is 0 Å². The van der Waals surface area contributed by atoms with Crippen molar-refractivity contribution in [1.82, 2.24) is 9.97 Å². The minimum atomic E-state index is 0.240. The van der Waals surface area contributed by atoms with Crippen LogP contribution < -0.4 is 5.32 Å². The third kappa shape index (κ3) is 7.18. The summed E-state index contributed by atoms with van der Waals surface area (Å²) in [5.41, 5.74) is 4.24. The van der Waals surface area contributed by atoms with Crippen molar-refractivity contribution >= 4 is 11.7 Å². The molecule has 0 fully saturated rings. The number of hydrogen-bond donors (Lipinski definition) is 1. The van der Waals surface area contributed by atoms with Crippen LogP contribution in [-0.4, -0.2) is 22.3 Å². The molecule has 1 unspecified atom stereocenters. The molecule has 3 aromatic rings. The van der Waals surface area contributed by atoms with Crippen LogP contribution in [0.15, 0.2) is 67.0 Å². The average Bonchev–Trinajstić information content (AvgIpc) is 2.74. The van der Waals surface area contributed by atoms with Crippen LogP contribution >= 0.6 is 0 Å². The van der Waals surface area contributed by atoms with Crippen molar-refractivity contribution in [2.75, 3.05) is 11.9 Å². The first-order chi connectivity index (χ1) is 14.6. The third-order valence-corrected chi connectivity index (χ3v) is 4.72. The molecular formula is C26H27N3O. The van der Waals surface area contributed by atoms with Crippen molar-refractivity contribution in [2.45, 2.75) is 33.1 Å². The second-order valence-electron chi connectivity index (χ2n) is 7.62. The Morgan fingerprint density at radius 2 is 1.60 bits per heavy atom. The molecule has 0 amide bonds. The summed E-state index contributed by atoms with van der Waals surface area (Å²) < 4.78 is 0. The maximum Gasteiger partial charge on any atom is 0.222 e. The molecule has 0 saturated carbocycles. The van der Waals surface area contributed by atoms with Crippen molar-refractivity contribution in [2.24, 2.45) is 5.92 Å². The molecule has 1 heterocycles. The van der Waals surface area contributed by atoms with E-state index in [1.807, 2.05) is 30.3 Å². The summed E-state index contributed by atoms with van der Waals surface area (Å²) in [4.78, 5) is 19.9. The van der Waals surface area contributed by atoms with Gasteiger partial charge in [0.1, 0.15) is 5.78 Å². The third-order valence-electron chi connectivity index (χ3n) is 4.72. The molecule has 1 atom stereocenters. The normalized spacial score (nSPS) is 11.3. The maximum absolute atomic E-state index is 11.2. The highest BCUT2D eigenvalue weighted by molar-refractivity contribution is 5.75. The number of nitrogens with one attached hydrogen (secondary N) is 1. The van der Waals surface area contributed by atoms with E-state index in [1.165, 1.54) is 11.1 Å². The second kappa shape index (κ2) is 10.9. The van der Waals surface area contributed by atoms with E-state index in [9.17, 15) is 4.79 Å². The number of Topliss-reactive ketones (excluding diaryl/α,β-unsaturated/α-hetero) is 1. The smallest absolute Gasteiger partial charge is 0.222 e. The number of nitrogens with zero attached hydrogens (tertiary/aromatic N) is 2. The van der Waals surface area contributed by atoms with Crippen LogP contribution in [0.2, 0.25) is 0 Å². The standard InChI is InChI=1S/C26H27N3O/c1-20(16-21(2)30)17-24-11-8-23(9-12-24)10-13-25-18-28-26(29-19-25)27-15-14-22-6-4-3-5-7-22/h3-9,11-12,18-20H,14-17H2,1-2H3,(H,27,28,29).